The molecule has 1 N–H and O–H groups in total. The Balaban J connectivity index is 2.36. The van der Waals surface area contributed by atoms with E-state index in [2.05, 4.69) is 5.32 Å². The number of para-hydroxylation sites is 1. The maximum atomic E-state index is 13.6. The number of carbonyl (C=O) groups is 2. The minimum atomic E-state index is -4.03. The van der Waals surface area contributed by atoms with Crippen LogP contribution in [0.4, 0.5) is 20.2 Å². The maximum absolute atomic E-state index is 13.6. The average Bonchev–Trinajstić information content (AvgIpc) is 2.64. The number of halogens is 2. The quantitative estimate of drug-likeness (QED) is 0.688. The highest BCUT2D eigenvalue weighted by Gasteiger charge is 2.30. The molecular weight excluding hydrogens is 406 g/mol. The summed E-state index contributed by atoms with van der Waals surface area (Å²) < 4.78 is 56.9. The third kappa shape index (κ3) is 5.29. The van der Waals surface area contributed by atoms with Crippen LogP contribution < -0.4 is 9.62 Å². The van der Waals surface area contributed by atoms with Gasteiger partial charge in [-0.2, -0.15) is 0 Å². The lowest BCUT2D eigenvalue weighted by molar-refractivity contribution is -0.116. The number of nitrogens with one attached hydrogen (secondary N) is 1. The molecule has 10 heteroatoms. The van der Waals surface area contributed by atoms with Crippen LogP contribution in [0, 0.1) is 11.6 Å². The standard InChI is InChI=1S/C19H20F2N2O5S/c1-4-28-19(25)14-7-5-6-8-17(14)22-18(24)12(2)23(29(3,26)27)13-9-10-15(20)16(21)11-13/h5-12H,4H2,1-3H3,(H,22,24). The van der Waals surface area contributed by atoms with Crippen LogP contribution >= 0.6 is 0 Å². The summed E-state index contributed by atoms with van der Waals surface area (Å²) in [5.41, 5.74) is 0.00268. The van der Waals surface area contributed by atoms with Gasteiger partial charge in [-0.1, -0.05) is 12.1 Å². The van der Waals surface area contributed by atoms with Gasteiger partial charge < -0.3 is 10.1 Å². The van der Waals surface area contributed by atoms with E-state index in [0.717, 1.165) is 18.4 Å². The number of esters is 1. The monoisotopic (exact) mass is 426 g/mol. The summed E-state index contributed by atoms with van der Waals surface area (Å²) in [7, 11) is -4.03. The van der Waals surface area contributed by atoms with E-state index in [0.29, 0.717) is 10.4 Å². The molecule has 2 aromatic carbocycles. The summed E-state index contributed by atoms with van der Waals surface area (Å²) >= 11 is 0. The van der Waals surface area contributed by atoms with Gasteiger partial charge in [0.25, 0.3) is 0 Å². The molecule has 29 heavy (non-hydrogen) atoms. The number of hydrogen-bond donors (Lipinski definition) is 1. The second kappa shape index (κ2) is 8.99. The molecule has 0 bridgehead atoms. The zero-order valence-corrected chi connectivity index (χ0v) is 16.8. The lowest BCUT2D eigenvalue weighted by Gasteiger charge is -2.28. The fourth-order valence-electron chi connectivity index (χ4n) is 2.65. The van der Waals surface area contributed by atoms with E-state index in [4.69, 9.17) is 4.74 Å². The summed E-state index contributed by atoms with van der Waals surface area (Å²) in [5, 5.41) is 2.48. The topological polar surface area (TPSA) is 92.8 Å². The highest BCUT2D eigenvalue weighted by atomic mass is 32.2. The van der Waals surface area contributed by atoms with Crippen LogP contribution in [0.15, 0.2) is 42.5 Å². The van der Waals surface area contributed by atoms with Crippen LogP contribution in [0.25, 0.3) is 0 Å². The molecular formula is C19H20F2N2O5S. The Hall–Kier alpha value is -3.01. The molecule has 0 heterocycles. The highest BCUT2D eigenvalue weighted by molar-refractivity contribution is 7.92. The van der Waals surface area contributed by atoms with Gasteiger partial charge in [0.1, 0.15) is 6.04 Å². The van der Waals surface area contributed by atoms with Crippen LogP contribution in [0.5, 0.6) is 0 Å². The third-order valence-electron chi connectivity index (χ3n) is 3.93. The second-order valence-electron chi connectivity index (χ2n) is 6.09. The number of benzene rings is 2. The molecule has 0 saturated carbocycles. The maximum Gasteiger partial charge on any atom is 0.340 e. The minimum Gasteiger partial charge on any atom is -0.462 e. The fraction of sp³-hybridized carbons (Fsp3) is 0.263. The molecule has 0 fully saturated rings. The number of sulfonamides is 1. The van der Waals surface area contributed by atoms with Gasteiger partial charge in [0.05, 0.1) is 29.8 Å². The van der Waals surface area contributed by atoms with E-state index in [1.807, 2.05) is 0 Å². The van der Waals surface area contributed by atoms with Gasteiger partial charge >= 0.3 is 5.97 Å². The van der Waals surface area contributed by atoms with E-state index in [9.17, 15) is 26.8 Å². The molecule has 1 atom stereocenters. The number of anilines is 2. The molecule has 0 spiro atoms. The Morgan fingerprint density at radius 3 is 2.38 bits per heavy atom. The summed E-state index contributed by atoms with van der Waals surface area (Å²) in [4.78, 5) is 24.8. The first-order valence-electron chi connectivity index (χ1n) is 8.57. The lowest BCUT2D eigenvalue weighted by Crippen LogP contribution is -2.45. The molecule has 1 amide bonds. The second-order valence-corrected chi connectivity index (χ2v) is 7.95. The number of rotatable bonds is 7. The van der Waals surface area contributed by atoms with Crippen molar-refractivity contribution in [1.82, 2.24) is 0 Å². The van der Waals surface area contributed by atoms with Crippen molar-refractivity contribution in [3.63, 3.8) is 0 Å². The Bertz CT molecular complexity index is 1030. The zero-order chi connectivity index (χ0) is 21.8. The SMILES string of the molecule is CCOC(=O)c1ccccc1NC(=O)C(C)N(c1ccc(F)c(F)c1)S(C)(=O)=O. The average molecular weight is 426 g/mol. The fourth-order valence-corrected chi connectivity index (χ4v) is 3.81. The number of ether oxygens (including phenoxy) is 1. The summed E-state index contributed by atoms with van der Waals surface area (Å²) in [6.45, 7) is 3.05. The normalized spacial score (nSPS) is 12.2. The summed E-state index contributed by atoms with van der Waals surface area (Å²) in [5.74, 6) is -3.84. The van der Waals surface area contributed by atoms with Crippen molar-refractivity contribution < 1.29 is 31.5 Å². The van der Waals surface area contributed by atoms with E-state index >= 15 is 0 Å². The smallest absolute Gasteiger partial charge is 0.340 e. The molecule has 0 aliphatic rings. The molecule has 2 aromatic rings. The largest absolute Gasteiger partial charge is 0.462 e. The van der Waals surface area contributed by atoms with Gasteiger partial charge in [0.2, 0.25) is 15.9 Å². The predicted octanol–water partition coefficient (Wildman–Crippen LogP) is 2.93. The Morgan fingerprint density at radius 1 is 1.14 bits per heavy atom. The molecule has 156 valence electrons. The molecule has 0 saturated heterocycles. The first-order valence-corrected chi connectivity index (χ1v) is 10.4. The van der Waals surface area contributed by atoms with E-state index in [1.54, 1.807) is 19.1 Å². The summed E-state index contributed by atoms with van der Waals surface area (Å²) in [6.07, 6.45) is 0.838. The Kier molecular flexibility index (Phi) is 6.91. The van der Waals surface area contributed by atoms with Crippen molar-refractivity contribution in [2.75, 3.05) is 22.5 Å². The van der Waals surface area contributed by atoms with Crippen LogP contribution in [-0.4, -0.2) is 39.2 Å². The molecule has 7 nitrogen and oxygen atoms in total. The molecule has 0 radical (unpaired) electrons. The van der Waals surface area contributed by atoms with Gasteiger partial charge in [0, 0.05) is 6.07 Å². The van der Waals surface area contributed by atoms with E-state index < -0.39 is 39.6 Å². The first kappa shape index (κ1) is 22.3. The van der Waals surface area contributed by atoms with Crippen molar-refractivity contribution in [3.8, 4) is 0 Å². The summed E-state index contributed by atoms with van der Waals surface area (Å²) in [6, 6.07) is 7.24. The van der Waals surface area contributed by atoms with Gasteiger partial charge in [-0.15, -0.1) is 0 Å². The highest BCUT2D eigenvalue weighted by Crippen LogP contribution is 2.24. The van der Waals surface area contributed by atoms with Gasteiger partial charge in [-0.05, 0) is 38.1 Å². The van der Waals surface area contributed by atoms with Crippen molar-refractivity contribution in [3.05, 3.63) is 59.7 Å². The van der Waals surface area contributed by atoms with Crippen molar-refractivity contribution in [1.29, 1.82) is 0 Å². The zero-order valence-electron chi connectivity index (χ0n) is 16.0. The minimum absolute atomic E-state index is 0.0913. The number of hydrogen-bond acceptors (Lipinski definition) is 5. The predicted molar refractivity (Wildman–Crippen MR) is 104 cm³/mol. The molecule has 2 rings (SSSR count). The van der Waals surface area contributed by atoms with E-state index in [1.165, 1.54) is 19.1 Å². The van der Waals surface area contributed by atoms with E-state index in [-0.39, 0.29) is 23.5 Å². The Morgan fingerprint density at radius 2 is 1.79 bits per heavy atom. The van der Waals surface area contributed by atoms with Crippen LogP contribution in [0.3, 0.4) is 0 Å². The molecule has 1 unspecified atom stereocenters. The molecule has 0 aliphatic carbocycles. The van der Waals surface area contributed by atoms with Crippen LogP contribution in [0.1, 0.15) is 24.2 Å². The van der Waals surface area contributed by atoms with Crippen LogP contribution in [0.2, 0.25) is 0 Å². The van der Waals surface area contributed by atoms with Crippen LogP contribution in [-0.2, 0) is 19.6 Å². The third-order valence-corrected chi connectivity index (χ3v) is 5.17. The van der Waals surface area contributed by atoms with Gasteiger partial charge in [0.15, 0.2) is 11.6 Å². The van der Waals surface area contributed by atoms with Crippen molar-refractivity contribution in [2.45, 2.75) is 19.9 Å². The lowest BCUT2D eigenvalue weighted by atomic mass is 10.1. The van der Waals surface area contributed by atoms with Crippen molar-refractivity contribution >= 4 is 33.3 Å². The molecule has 0 aliphatic heterocycles. The van der Waals surface area contributed by atoms with Gasteiger partial charge in [-0.3, -0.25) is 9.10 Å². The Labute approximate surface area is 167 Å². The molecule has 0 aromatic heterocycles. The van der Waals surface area contributed by atoms with Gasteiger partial charge in [-0.25, -0.2) is 22.0 Å². The number of amides is 1. The number of nitrogens with zero attached hydrogens (tertiary/aromatic N) is 1. The first-order chi connectivity index (χ1) is 13.6. The number of carbonyl (C=O) groups excluding carboxylic acids is 2. The van der Waals surface area contributed by atoms with Crippen molar-refractivity contribution in [2.24, 2.45) is 0 Å².